The molecule has 9 heteroatoms. The molecule has 1 amide bonds. The summed E-state index contributed by atoms with van der Waals surface area (Å²) < 4.78 is 0.542. The first-order valence-electron chi connectivity index (χ1n) is 10.6. The predicted octanol–water partition coefficient (Wildman–Crippen LogP) is -2.16. The van der Waals surface area contributed by atoms with Crippen molar-refractivity contribution in [1.29, 1.82) is 0 Å². The topological polar surface area (TPSA) is 127 Å². The zero-order chi connectivity index (χ0) is 22.0. The van der Waals surface area contributed by atoms with Gasteiger partial charge in [-0.25, -0.2) is 0 Å². The van der Waals surface area contributed by atoms with Gasteiger partial charge in [-0.1, -0.05) is 6.08 Å². The van der Waals surface area contributed by atoms with E-state index in [-0.39, 0.29) is 76.7 Å². The number of carboxylic acid groups (broad SMARTS) is 2. The SMILES string of the molecule is C=CCCCCC(=O)NCC[N+](CCO)(CCCCC(=O)[O-])CCCCC(=O)O.[K+]. The molecular weight excluding hydrogens is 415 g/mol. The Morgan fingerprint density at radius 2 is 1.50 bits per heavy atom. The van der Waals surface area contributed by atoms with E-state index in [1.807, 2.05) is 6.08 Å². The minimum Gasteiger partial charge on any atom is -0.550 e. The summed E-state index contributed by atoms with van der Waals surface area (Å²) >= 11 is 0. The second kappa shape index (κ2) is 20.6. The van der Waals surface area contributed by atoms with Gasteiger partial charge in [-0.2, -0.15) is 0 Å². The van der Waals surface area contributed by atoms with Crippen LogP contribution in [0.3, 0.4) is 0 Å². The molecule has 0 spiro atoms. The number of carbonyl (C=O) groups excluding carboxylic acids is 2. The first-order chi connectivity index (χ1) is 13.8. The van der Waals surface area contributed by atoms with Crippen LogP contribution in [0.2, 0.25) is 0 Å². The maximum absolute atomic E-state index is 12.0. The molecule has 0 aliphatic heterocycles. The van der Waals surface area contributed by atoms with Crippen molar-refractivity contribution in [3.63, 3.8) is 0 Å². The molecule has 0 saturated carbocycles. The minimum atomic E-state index is -1.07. The molecule has 0 bridgehead atoms. The number of nitrogens with one attached hydrogen (secondary N) is 1. The summed E-state index contributed by atoms with van der Waals surface area (Å²) in [6.07, 6.45) is 7.47. The molecule has 0 aromatic rings. The number of aliphatic hydroxyl groups is 1. The number of hydrogen-bond donors (Lipinski definition) is 3. The van der Waals surface area contributed by atoms with Crippen LogP contribution in [-0.4, -0.2) is 71.9 Å². The molecule has 0 heterocycles. The molecule has 30 heavy (non-hydrogen) atoms. The number of amides is 1. The number of carbonyl (C=O) groups is 3. The smallest absolute Gasteiger partial charge is 0.550 e. The summed E-state index contributed by atoms with van der Waals surface area (Å²) in [5.74, 6) is -1.91. The van der Waals surface area contributed by atoms with Gasteiger partial charge in [0.05, 0.1) is 32.8 Å². The fourth-order valence-electron chi connectivity index (χ4n) is 3.42. The Bertz CT molecular complexity index is 480. The molecule has 0 aliphatic rings. The van der Waals surface area contributed by atoms with Gasteiger partial charge in [0.2, 0.25) is 5.91 Å². The van der Waals surface area contributed by atoms with E-state index in [0.717, 1.165) is 19.3 Å². The van der Waals surface area contributed by atoms with Crippen molar-refractivity contribution in [3.8, 4) is 0 Å². The number of quaternary nitrogens is 1. The quantitative estimate of drug-likeness (QED) is 0.0834. The Balaban J connectivity index is 0. The Hall–Kier alpha value is -0.294. The van der Waals surface area contributed by atoms with Gasteiger partial charge in [0.1, 0.15) is 6.54 Å². The Morgan fingerprint density at radius 3 is 2.03 bits per heavy atom. The van der Waals surface area contributed by atoms with Crippen molar-refractivity contribution >= 4 is 17.8 Å². The summed E-state index contributed by atoms with van der Waals surface area (Å²) in [4.78, 5) is 33.4. The Labute approximate surface area is 223 Å². The van der Waals surface area contributed by atoms with Crippen molar-refractivity contribution in [2.45, 2.75) is 64.2 Å². The van der Waals surface area contributed by atoms with Crippen molar-refractivity contribution in [1.82, 2.24) is 5.32 Å². The van der Waals surface area contributed by atoms with Gasteiger partial charge in [-0.05, 0) is 51.4 Å². The molecule has 8 nitrogen and oxygen atoms in total. The van der Waals surface area contributed by atoms with E-state index in [4.69, 9.17) is 5.11 Å². The van der Waals surface area contributed by atoms with Crippen molar-refractivity contribution in [2.24, 2.45) is 0 Å². The van der Waals surface area contributed by atoms with Crippen LogP contribution < -0.4 is 61.8 Å². The van der Waals surface area contributed by atoms with Crippen molar-refractivity contribution in [3.05, 3.63) is 12.7 Å². The van der Waals surface area contributed by atoms with Gasteiger partial charge in [-0.3, -0.25) is 9.59 Å². The summed E-state index contributed by atoms with van der Waals surface area (Å²) in [5, 5.41) is 31.9. The third-order valence-corrected chi connectivity index (χ3v) is 5.08. The second-order valence-corrected chi connectivity index (χ2v) is 7.52. The minimum absolute atomic E-state index is 0. The Morgan fingerprint density at radius 1 is 0.900 bits per heavy atom. The number of hydrogen-bond acceptors (Lipinski definition) is 5. The third-order valence-electron chi connectivity index (χ3n) is 5.08. The van der Waals surface area contributed by atoms with Gasteiger partial charge in [-0.15, -0.1) is 6.58 Å². The molecular formula is C21H38KN2O6+. The Kier molecular flexibility index (Phi) is 21.9. The number of unbranched alkanes of at least 4 members (excludes halogenated alkanes) is 4. The maximum atomic E-state index is 12.0. The van der Waals surface area contributed by atoms with E-state index in [9.17, 15) is 24.6 Å². The van der Waals surface area contributed by atoms with Gasteiger partial charge < -0.3 is 29.9 Å². The third kappa shape index (κ3) is 18.5. The monoisotopic (exact) mass is 453 g/mol. The van der Waals surface area contributed by atoms with Crippen molar-refractivity contribution < 1.29 is 85.6 Å². The molecule has 0 saturated heterocycles. The maximum Gasteiger partial charge on any atom is 1.00 e. The van der Waals surface area contributed by atoms with E-state index in [1.54, 1.807) is 0 Å². The van der Waals surface area contributed by atoms with Crippen LogP contribution in [0.5, 0.6) is 0 Å². The molecule has 0 radical (unpaired) electrons. The molecule has 168 valence electrons. The molecule has 0 aromatic carbocycles. The summed E-state index contributed by atoms with van der Waals surface area (Å²) in [6.45, 7) is 6.59. The normalized spacial score (nSPS) is 12.4. The molecule has 0 fully saturated rings. The summed E-state index contributed by atoms with van der Waals surface area (Å²) in [6, 6.07) is 0. The standard InChI is InChI=1S/C21H38N2O6.K/c1-2-3-4-5-10-19(25)22-13-16-23(17-18-24,14-8-6-11-20(26)27)15-9-7-12-21(28)29;/h2,24H,1,3-18H2,(H2-,22,25,26,27,28,29);/q;+1. The second-order valence-electron chi connectivity index (χ2n) is 7.52. The average molecular weight is 454 g/mol. The first-order valence-corrected chi connectivity index (χ1v) is 10.6. The van der Waals surface area contributed by atoms with Crippen LogP contribution in [0.4, 0.5) is 0 Å². The van der Waals surface area contributed by atoms with Crippen LogP contribution in [-0.2, 0) is 14.4 Å². The zero-order valence-electron chi connectivity index (χ0n) is 18.6. The average Bonchev–Trinajstić information content (AvgIpc) is 2.66. The number of allylic oxidation sites excluding steroid dienone is 1. The van der Waals surface area contributed by atoms with Gasteiger partial charge >= 0.3 is 57.4 Å². The largest absolute Gasteiger partial charge is 1.00 e. The van der Waals surface area contributed by atoms with Crippen LogP contribution in [0.25, 0.3) is 0 Å². The van der Waals surface area contributed by atoms with Crippen LogP contribution in [0, 0.1) is 0 Å². The van der Waals surface area contributed by atoms with Crippen molar-refractivity contribution in [2.75, 3.05) is 39.3 Å². The number of nitrogens with zero attached hydrogens (tertiary/aromatic N) is 1. The fourth-order valence-corrected chi connectivity index (χ4v) is 3.42. The molecule has 1 atom stereocenters. The van der Waals surface area contributed by atoms with E-state index in [0.29, 0.717) is 69.3 Å². The first kappa shape index (κ1) is 31.9. The number of rotatable bonds is 20. The summed E-state index contributed by atoms with van der Waals surface area (Å²) in [7, 11) is 0. The van der Waals surface area contributed by atoms with E-state index >= 15 is 0 Å². The predicted molar refractivity (Wildman–Crippen MR) is 109 cm³/mol. The number of carboxylic acids is 2. The van der Waals surface area contributed by atoms with Crippen LogP contribution in [0.15, 0.2) is 12.7 Å². The molecule has 1 unspecified atom stereocenters. The summed E-state index contributed by atoms with van der Waals surface area (Å²) in [5.41, 5.74) is 0. The molecule has 0 rings (SSSR count). The van der Waals surface area contributed by atoms with Crippen LogP contribution >= 0.6 is 0 Å². The number of aliphatic carboxylic acids is 2. The van der Waals surface area contributed by atoms with E-state index in [2.05, 4.69) is 11.9 Å². The molecule has 3 N–H and O–H groups in total. The number of aliphatic hydroxyl groups excluding tert-OH is 1. The van der Waals surface area contributed by atoms with Gasteiger partial charge in [0.25, 0.3) is 0 Å². The fraction of sp³-hybridized carbons (Fsp3) is 0.762. The van der Waals surface area contributed by atoms with E-state index in [1.165, 1.54) is 0 Å². The van der Waals surface area contributed by atoms with Gasteiger partial charge in [0.15, 0.2) is 0 Å². The van der Waals surface area contributed by atoms with Gasteiger partial charge in [0, 0.05) is 18.8 Å². The zero-order valence-corrected chi connectivity index (χ0v) is 21.7. The van der Waals surface area contributed by atoms with E-state index < -0.39 is 11.9 Å². The van der Waals surface area contributed by atoms with Crippen LogP contribution in [0.1, 0.15) is 64.2 Å². The molecule has 0 aliphatic carbocycles. The molecule has 0 aromatic heterocycles.